The minimum absolute atomic E-state index is 1.30. The highest BCUT2D eigenvalue weighted by Gasteiger charge is 1.95. The summed E-state index contributed by atoms with van der Waals surface area (Å²) < 4.78 is 0. The van der Waals surface area contributed by atoms with Gasteiger partial charge < -0.3 is 0 Å². The molecule has 0 aliphatic heterocycles. The van der Waals surface area contributed by atoms with Gasteiger partial charge in [-0.2, -0.15) is 0 Å². The Hall–Kier alpha value is -1.30. The number of rotatable bonds is 2. The molecule has 0 nitrogen and oxygen atoms in total. The van der Waals surface area contributed by atoms with Gasteiger partial charge in [0.25, 0.3) is 0 Å². The minimum Gasteiger partial charge on any atom is -0.0874 e. The normalized spacial score (nSPS) is 13.2. The van der Waals surface area contributed by atoms with Crippen molar-refractivity contribution < 1.29 is 0 Å². The van der Waals surface area contributed by atoms with Gasteiger partial charge >= 0.3 is 0 Å². The van der Waals surface area contributed by atoms with Gasteiger partial charge in [-0.1, -0.05) is 42.5 Å². The molecule has 1 rings (SSSR count). The molecule has 1 aromatic carbocycles. The third-order valence-corrected chi connectivity index (χ3v) is 2.21. The summed E-state index contributed by atoms with van der Waals surface area (Å²) in [6.07, 6.45) is 4.21. The van der Waals surface area contributed by atoms with E-state index in [1.54, 1.807) is 0 Å². The largest absolute Gasteiger partial charge is 0.0874 e. The molecule has 0 unspecified atom stereocenters. The zero-order chi connectivity index (χ0) is 9.68. The van der Waals surface area contributed by atoms with Crippen LogP contribution in [0.1, 0.15) is 26.3 Å². The Balaban J connectivity index is 3.03. The Kier molecular flexibility index (Phi) is 3.51. The van der Waals surface area contributed by atoms with Crippen molar-refractivity contribution in [1.29, 1.82) is 0 Å². The van der Waals surface area contributed by atoms with Gasteiger partial charge in [0.15, 0.2) is 0 Å². The first-order valence-corrected chi connectivity index (χ1v) is 4.61. The summed E-state index contributed by atoms with van der Waals surface area (Å²) in [4.78, 5) is 0. The molecule has 0 radical (unpaired) electrons. The highest BCUT2D eigenvalue weighted by Crippen LogP contribution is 2.17. The van der Waals surface area contributed by atoms with E-state index >= 15 is 0 Å². The molecule has 0 amide bonds. The molecule has 0 fully saturated rings. The second-order valence-electron chi connectivity index (χ2n) is 3.17. The molecule has 13 heavy (non-hydrogen) atoms. The molecular weight excluding hydrogens is 156 g/mol. The quantitative estimate of drug-likeness (QED) is 0.590. The average Bonchev–Trinajstić information content (AvgIpc) is 2.18. The second-order valence-corrected chi connectivity index (χ2v) is 3.17. The Bertz CT molecular complexity index is 315. The standard InChI is InChI=1S/C13H16/c1-4-8-11(2)12(3)13-9-6-5-7-10-13/h4-10H,1-3H3/b8-4-,12-11+. The predicted molar refractivity (Wildman–Crippen MR) is 59.5 cm³/mol. The van der Waals surface area contributed by atoms with E-state index in [1.165, 1.54) is 16.7 Å². The average molecular weight is 172 g/mol. The lowest BCUT2D eigenvalue weighted by molar-refractivity contribution is 1.45. The molecule has 0 heteroatoms. The van der Waals surface area contributed by atoms with Crippen LogP contribution in [0.5, 0.6) is 0 Å². The van der Waals surface area contributed by atoms with E-state index in [-0.39, 0.29) is 0 Å². The van der Waals surface area contributed by atoms with Gasteiger partial charge in [-0.25, -0.2) is 0 Å². The molecule has 0 N–H and O–H groups in total. The summed E-state index contributed by atoms with van der Waals surface area (Å²) in [7, 11) is 0. The van der Waals surface area contributed by atoms with Crippen LogP contribution in [0.3, 0.4) is 0 Å². The van der Waals surface area contributed by atoms with E-state index in [1.807, 2.05) is 13.0 Å². The summed E-state index contributed by atoms with van der Waals surface area (Å²) in [6.45, 7) is 6.34. The Labute approximate surface area is 80.6 Å². The van der Waals surface area contributed by atoms with E-state index in [9.17, 15) is 0 Å². The zero-order valence-corrected chi connectivity index (χ0v) is 8.54. The van der Waals surface area contributed by atoms with Crippen molar-refractivity contribution in [2.24, 2.45) is 0 Å². The highest BCUT2D eigenvalue weighted by atomic mass is 14.0. The van der Waals surface area contributed by atoms with Crippen molar-refractivity contribution in [2.75, 3.05) is 0 Å². The van der Waals surface area contributed by atoms with Crippen LogP contribution >= 0.6 is 0 Å². The van der Waals surface area contributed by atoms with Crippen LogP contribution in [0.15, 0.2) is 48.1 Å². The van der Waals surface area contributed by atoms with Gasteiger partial charge in [0.1, 0.15) is 0 Å². The lowest BCUT2D eigenvalue weighted by Crippen LogP contribution is -1.81. The van der Waals surface area contributed by atoms with Crippen LogP contribution in [0.2, 0.25) is 0 Å². The SMILES string of the molecule is C/C=C\C(C)=C(/C)c1ccccc1. The van der Waals surface area contributed by atoms with E-state index in [0.29, 0.717) is 0 Å². The van der Waals surface area contributed by atoms with Crippen LogP contribution < -0.4 is 0 Å². The maximum absolute atomic E-state index is 2.16. The van der Waals surface area contributed by atoms with Crippen LogP contribution in [-0.2, 0) is 0 Å². The fraction of sp³-hybridized carbons (Fsp3) is 0.231. The molecule has 0 spiro atoms. The van der Waals surface area contributed by atoms with Gasteiger partial charge in [0, 0.05) is 0 Å². The van der Waals surface area contributed by atoms with Crippen LogP contribution in [0.25, 0.3) is 5.57 Å². The molecule has 1 aromatic rings. The molecule has 0 bridgehead atoms. The summed E-state index contributed by atoms with van der Waals surface area (Å²) in [5.41, 5.74) is 3.98. The Morgan fingerprint density at radius 3 is 2.23 bits per heavy atom. The molecule has 0 saturated carbocycles. The molecule has 68 valence electrons. The number of allylic oxidation sites excluding steroid dienone is 4. The molecule has 0 heterocycles. The smallest absolute Gasteiger partial charge is 0.0225 e. The molecule has 0 aromatic heterocycles. The summed E-state index contributed by atoms with van der Waals surface area (Å²) in [5.74, 6) is 0. The number of benzene rings is 1. The number of hydrogen-bond donors (Lipinski definition) is 0. The van der Waals surface area contributed by atoms with Gasteiger partial charge in [0.05, 0.1) is 0 Å². The monoisotopic (exact) mass is 172 g/mol. The summed E-state index contributed by atoms with van der Waals surface area (Å²) in [5, 5.41) is 0. The molecular formula is C13H16. The zero-order valence-electron chi connectivity index (χ0n) is 8.54. The third kappa shape index (κ3) is 2.59. The lowest BCUT2D eigenvalue weighted by Gasteiger charge is -2.03. The van der Waals surface area contributed by atoms with Crippen LogP contribution in [0.4, 0.5) is 0 Å². The molecule has 0 atom stereocenters. The van der Waals surface area contributed by atoms with Crippen LogP contribution in [-0.4, -0.2) is 0 Å². The first kappa shape index (κ1) is 9.79. The third-order valence-electron chi connectivity index (χ3n) is 2.21. The second kappa shape index (κ2) is 4.66. The summed E-state index contributed by atoms with van der Waals surface area (Å²) >= 11 is 0. The first-order chi connectivity index (χ1) is 6.25. The minimum atomic E-state index is 1.30. The Morgan fingerprint density at radius 2 is 1.69 bits per heavy atom. The lowest BCUT2D eigenvalue weighted by atomic mass is 10.0. The van der Waals surface area contributed by atoms with E-state index in [0.717, 1.165) is 0 Å². The van der Waals surface area contributed by atoms with Crippen molar-refractivity contribution in [3.05, 3.63) is 53.6 Å². The predicted octanol–water partition coefficient (Wildman–Crippen LogP) is 4.06. The van der Waals surface area contributed by atoms with Gasteiger partial charge in [-0.05, 0) is 37.5 Å². The topological polar surface area (TPSA) is 0 Å². The maximum Gasteiger partial charge on any atom is -0.0225 e. The first-order valence-electron chi connectivity index (χ1n) is 4.61. The fourth-order valence-electron chi connectivity index (χ4n) is 1.29. The van der Waals surface area contributed by atoms with E-state index in [4.69, 9.17) is 0 Å². The molecule has 0 saturated heterocycles. The summed E-state index contributed by atoms with van der Waals surface area (Å²) in [6, 6.07) is 10.5. The van der Waals surface area contributed by atoms with Gasteiger partial charge in [-0.15, -0.1) is 0 Å². The fourth-order valence-corrected chi connectivity index (χ4v) is 1.29. The van der Waals surface area contributed by atoms with Gasteiger partial charge in [-0.3, -0.25) is 0 Å². The van der Waals surface area contributed by atoms with Crippen molar-refractivity contribution in [3.63, 3.8) is 0 Å². The Morgan fingerprint density at radius 1 is 1.08 bits per heavy atom. The van der Waals surface area contributed by atoms with Crippen molar-refractivity contribution in [2.45, 2.75) is 20.8 Å². The molecule has 0 aliphatic carbocycles. The van der Waals surface area contributed by atoms with Crippen LogP contribution in [0, 0.1) is 0 Å². The molecule has 0 aliphatic rings. The van der Waals surface area contributed by atoms with Crippen molar-refractivity contribution in [3.8, 4) is 0 Å². The van der Waals surface area contributed by atoms with Gasteiger partial charge in [0.2, 0.25) is 0 Å². The highest BCUT2D eigenvalue weighted by molar-refractivity contribution is 5.68. The van der Waals surface area contributed by atoms with Crippen molar-refractivity contribution >= 4 is 5.57 Å². The van der Waals surface area contributed by atoms with E-state index in [2.05, 4.69) is 50.3 Å². The number of hydrogen-bond acceptors (Lipinski definition) is 0. The van der Waals surface area contributed by atoms with E-state index < -0.39 is 0 Å². The van der Waals surface area contributed by atoms with Crippen molar-refractivity contribution in [1.82, 2.24) is 0 Å². The maximum atomic E-state index is 2.16.